The predicted octanol–water partition coefficient (Wildman–Crippen LogP) is 1.51. The maximum Gasteiger partial charge on any atom is 0.147 e. The van der Waals surface area contributed by atoms with Crippen molar-refractivity contribution in [3.63, 3.8) is 0 Å². The fraction of sp³-hybridized carbons (Fsp3) is 0.733. The molecule has 1 aromatic heterocycles. The maximum atomic E-state index is 4.60. The lowest BCUT2D eigenvalue weighted by Gasteiger charge is -2.28. The van der Waals surface area contributed by atoms with E-state index in [1.165, 1.54) is 6.42 Å². The van der Waals surface area contributed by atoms with E-state index in [4.69, 9.17) is 0 Å². The maximum absolute atomic E-state index is 4.60. The van der Waals surface area contributed by atoms with Gasteiger partial charge in [0.1, 0.15) is 5.82 Å². The Morgan fingerprint density at radius 2 is 2.15 bits per heavy atom. The van der Waals surface area contributed by atoms with E-state index >= 15 is 0 Å². The summed E-state index contributed by atoms with van der Waals surface area (Å²) in [7, 11) is 2.19. The van der Waals surface area contributed by atoms with Crippen LogP contribution in [0, 0.1) is 0 Å². The van der Waals surface area contributed by atoms with Crippen molar-refractivity contribution in [1.29, 1.82) is 0 Å². The van der Waals surface area contributed by atoms with Gasteiger partial charge in [0.25, 0.3) is 0 Å². The molecule has 1 saturated heterocycles. The van der Waals surface area contributed by atoms with Crippen LogP contribution in [0.5, 0.6) is 0 Å². The molecule has 0 saturated carbocycles. The summed E-state index contributed by atoms with van der Waals surface area (Å²) in [5.74, 6) is 1.01. The number of anilines is 1. The summed E-state index contributed by atoms with van der Waals surface area (Å²) in [4.78, 5) is 13.9. The molecular weight excluding hydrogens is 250 g/mol. The quantitative estimate of drug-likeness (QED) is 0.827. The highest BCUT2D eigenvalue weighted by Crippen LogP contribution is 2.16. The third kappa shape index (κ3) is 4.15. The lowest BCUT2D eigenvalue weighted by Crippen LogP contribution is -2.38. The van der Waals surface area contributed by atoms with Crippen molar-refractivity contribution in [2.24, 2.45) is 0 Å². The average Bonchev–Trinajstić information content (AvgIpc) is 2.61. The van der Waals surface area contributed by atoms with E-state index in [1.54, 1.807) is 0 Å². The van der Waals surface area contributed by atoms with Crippen LogP contribution in [0.25, 0.3) is 0 Å². The van der Waals surface area contributed by atoms with E-state index in [2.05, 4.69) is 46.0 Å². The van der Waals surface area contributed by atoms with E-state index in [0.29, 0.717) is 6.04 Å². The second-order valence-corrected chi connectivity index (χ2v) is 5.70. The average molecular weight is 277 g/mol. The topological polar surface area (TPSA) is 44.3 Å². The number of rotatable bonds is 5. The van der Waals surface area contributed by atoms with Gasteiger partial charge in [0.15, 0.2) is 0 Å². The smallest absolute Gasteiger partial charge is 0.147 e. The highest BCUT2D eigenvalue weighted by atomic mass is 15.3. The number of aromatic nitrogens is 2. The van der Waals surface area contributed by atoms with E-state index in [0.717, 1.165) is 50.7 Å². The number of nitrogens with zero attached hydrogens (tertiary/aromatic N) is 4. The van der Waals surface area contributed by atoms with Gasteiger partial charge in [-0.25, -0.2) is 4.98 Å². The molecule has 2 rings (SSSR count). The molecule has 0 amide bonds. The number of likely N-dealkylation sites (N-methyl/N-ethyl adjacent to an activating group) is 1. The standard InChI is InChI=1S/C15H27N5/c1-4-6-16-9-14-10-18-15(11-17-14)20-8-5-7-19(3)12-13(20)2/h10-11,13,16H,4-9,12H2,1-3H3. The monoisotopic (exact) mass is 277 g/mol. The molecule has 1 aliphatic heterocycles. The predicted molar refractivity (Wildman–Crippen MR) is 83.0 cm³/mol. The van der Waals surface area contributed by atoms with Crippen molar-refractivity contribution in [3.8, 4) is 0 Å². The second-order valence-electron chi connectivity index (χ2n) is 5.70. The Morgan fingerprint density at radius 1 is 1.30 bits per heavy atom. The Balaban J connectivity index is 1.97. The van der Waals surface area contributed by atoms with Crippen LogP contribution in [0.2, 0.25) is 0 Å². The van der Waals surface area contributed by atoms with Gasteiger partial charge in [0.05, 0.1) is 18.1 Å². The molecule has 5 nitrogen and oxygen atoms in total. The minimum atomic E-state index is 0.487. The first-order valence-electron chi connectivity index (χ1n) is 7.67. The molecule has 1 unspecified atom stereocenters. The van der Waals surface area contributed by atoms with Crippen molar-refractivity contribution >= 4 is 5.82 Å². The van der Waals surface area contributed by atoms with Crippen LogP contribution in [0.3, 0.4) is 0 Å². The van der Waals surface area contributed by atoms with Gasteiger partial charge in [-0.1, -0.05) is 6.92 Å². The molecule has 0 radical (unpaired) electrons. The molecule has 0 spiro atoms. The zero-order chi connectivity index (χ0) is 14.4. The van der Waals surface area contributed by atoms with Crippen LogP contribution in [0.15, 0.2) is 12.4 Å². The zero-order valence-corrected chi connectivity index (χ0v) is 13.0. The van der Waals surface area contributed by atoms with Gasteiger partial charge in [-0.05, 0) is 39.9 Å². The first-order valence-corrected chi connectivity index (χ1v) is 7.67. The highest BCUT2D eigenvalue weighted by Gasteiger charge is 2.20. The van der Waals surface area contributed by atoms with Gasteiger partial charge in [-0.15, -0.1) is 0 Å². The van der Waals surface area contributed by atoms with Crippen LogP contribution in [-0.4, -0.2) is 54.1 Å². The molecule has 1 aromatic rings. The Hall–Kier alpha value is -1.20. The van der Waals surface area contributed by atoms with E-state index in [-0.39, 0.29) is 0 Å². The molecule has 1 N–H and O–H groups in total. The third-order valence-electron chi connectivity index (χ3n) is 3.77. The molecule has 112 valence electrons. The summed E-state index contributed by atoms with van der Waals surface area (Å²) in [5.41, 5.74) is 1.02. The van der Waals surface area contributed by atoms with Crippen molar-refractivity contribution in [2.45, 2.75) is 39.3 Å². The van der Waals surface area contributed by atoms with Crippen LogP contribution >= 0.6 is 0 Å². The summed E-state index contributed by atoms with van der Waals surface area (Å²) in [6, 6.07) is 0.487. The number of hydrogen-bond acceptors (Lipinski definition) is 5. The lowest BCUT2D eigenvalue weighted by molar-refractivity contribution is 0.337. The minimum absolute atomic E-state index is 0.487. The summed E-state index contributed by atoms with van der Waals surface area (Å²) >= 11 is 0. The Morgan fingerprint density at radius 3 is 2.85 bits per heavy atom. The summed E-state index contributed by atoms with van der Waals surface area (Å²) in [5, 5.41) is 3.35. The first kappa shape index (κ1) is 15.2. The van der Waals surface area contributed by atoms with Gasteiger partial charge in [0, 0.05) is 25.7 Å². The first-order chi connectivity index (χ1) is 9.70. The fourth-order valence-corrected chi connectivity index (χ4v) is 2.69. The Labute approximate surface area is 122 Å². The molecule has 2 heterocycles. The molecule has 1 fully saturated rings. The van der Waals surface area contributed by atoms with Crippen molar-refractivity contribution in [2.75, 3.05) is 38.1 Å². The highest BCUT2D eigenvalue weighted by molar-refractivity contribution is 5.37. The van der Waals surface area contributed by atoms with E-state index in [9.17, 15) is 0 Å². The van der Waals surface area contributed by atoms with E-state index < -0.39 is 0 Å². The van der Waals surface area contributed by atoms with Crippen molar-refractivity contribution < 1.29 is 0 Å². The van der Waals surface area contributed by atoms with Gasteiger partial charge in [0.2, 0.25) is 0 Å². The fourth-order valence-electron chi connectivity index (χ4n) is 2.69. The van der Waals surface area contributed by atoms with Gasteiger partial charge < -0.3 is 15.1 Å². The Kier molecular flexibility index (Phi) is 5.73. The molecule has 0 aliphatic carbocycles. The zero-order valence-electron chi connectivity index (χ0n) is 13.0. The van der Waals surface area contributed by atoms with Crippen LogP contribution in [0.1, 0.15) is 32.4 Å². The molecule has 20 heavy (non-hydrogen) atoms. The lowest BCUT2D eigenvalue weighted by atomic mass is 10.2. The van der Waals surface area contributed by atoms with E-state index in [1.807, 2.05) is 12.4 Å². The molecular formula is C15H27N5. The van der Waals surface area contributed by atoms with Gasteiger partial charge in [-0.3, -0.25) is 4.98 Å². The Bertz CT molecular complexity index is 392. The molecule has 1 atom stereocenters. The summed E-state index contributed by atoms with van der Waals surface area (Å²) < 4.78 is 0. The van der Waals surface area contributed by atoms with Gasteiger partial charge in [-0.2, -0.15) is 0 Å². The van der Waals surface area contributed by atoms with Crippen molar-refractivity contribution in [3.05, 3.63) is 18.1 Å². The summed E-state index contributed by atoms with van der Waals surface area (Å²) in [6.07, 6.45) is 6.15. The van der Waals surface area contributed by atoms with Crippen molar-refractivity contribution in [1.82, 2.24) is 20.2 Å². The second kappa shape index (κ2) is 7.55. The molecule has 0 aromatic carbocycles. The molecule has 5 heteroatoms. The summed E-state index contributed by atoms with van der Waals surface area (Å²) in [6.45, 7) is 9.57. The molecule has 1 aliphatic rings. The largest absolute Gasteiger partial charge is 0.351 e. The third-order valence-corrected chi connectivity index (χ3v) is 3.77. The minimum Gasteiger partial charge on any atom is -0.351 e. The number of hydrogen-bond donors (Lipinski definition) is 1. The van der Waals surface area contributed by atoms with Gasteiger partial charge >= 0.3 is 0 Å². The van der Waals surface area contributed by atoms with Crippen LogP contribution in [0.4, 0.5) is 5.82 Å². The molecule has 0 bridgehead atoms. The van der Waals surface area contributed by atoms with Crippen LogP contribution in [-0.2, 0) is 6.54 Å². The SMILES string of the molecule is CCCNCc1cnc(N2CCCN(C)CC2C)cn1. The normalized spacial score (nSPS) is 20.9. The van der Waals surface area contributed by atoms with Crippen LogP contribution < -0.4 is 10.2 Å². The number of nitrogens with one attached hydrogen (secondary N) is 1.